The minimum absolute atomic E-state index is 0.0383. The van der Waals surface area contributed by atoms with Gasteiger partial charge in [0.2, 0.25) is 0 Å². The lowest BCUT2D eigenvalue weighted by Crippen LogP contribution is -2.34. The molecule has 0 saturated carbocycles. The lowest BCUT2D eigenvalue weighted by atomic mass is 10.1. The Kier molecular flexibility index (Phi) is 4.46. The summed E-state index contributed by atoms with van der Waals surface area (Å²) in [7, 11) is 0. The molecule has 3 N–H and O–H groups in total. The van der Waals surface area contributed by atoms with Gasteiger partial charge in [0.15, 0.2) is 0 Å². The second-order valence-corrected chi connectivity index (χ2v) is 4.42. The van der Waals surface area contributed by atoms with Crippen LogP contribution >= 0.6 is 12.2 Å². The minimum atomic E-state index is -0.423. The van der Waals surface area contributed by atoms with Crippen LogP contribution in [0.25, 0.3) is 0 Å². The van der Waals surface area contributed by atoms with Crippen molar-refractivity contribution in [2.75, 3.05) is 31.7 Å². The average Bonchev–Trinajstić information content (AvgIpc) is 2.37. The summed E-state index contributed by atoms with van der Waals surface area (Å²) in [5.41, 5.74) is 6.34. The van der Waals surface area contributed by atoms with Gasteiger partial charge in [0, 0.05) is 12.2 Å². The van der Waals surface area contributed by atoms with E-state index in [0.29, 0.717) is 32.1 Å². The van der Waals surface area contributed by atoms with Crippen LogP contribution in [-0.2, 0) is 9.47 Å². The number of thiocarbonyl (C=S) groups is 1. The van der Waals surface area contributed by atoms with E-state index in [1.54, 1.807) is 12.1 Å². The molecule has 1 aliphatic heterocycles. The van der Waals surface area contributed by atoms with E-state index in [4.69, 9.17) is 27.4 Å². The lowest BCUT2D eigenvalue weighted by Gasteiger charge is -2.24. The molecule has 0 amide bonds. The molecule has 2 rings (SSSR count). The summed E-state index contributed by atoms with van der Waals surface area (Å²) in [6.07, 6.45) is -0.0405. The van der Waals surface area contributed by atoms with Crippen LogP contribution in [0.5, 0.6) is 0 Å². The fourth-order valence-electron chi connectivity index (χ4n) is 1.80. The monoisotopic (exact) mass is 270 g/mol. The summed E-state index contributed by atoms with van der Waals surface area (Å²) in [5, 5.41) is 3.09. The number of ether oxygens (including phenoxy) is 2. The summed E-state index contributed by atoms with van der Waals surface area (Å²) in [5.74, 6) is -0.423. The first-order valence-corrected chi connectivity index (χ1v) is 6.11. The number of nitrogens with one attached hydrogen (secondary N) is 1. The second-order valence-electron chi connectivity index (χ2n) is 3.98. The van der Waals surface area contributed by atoms with Crippen molar-refractivity contribution in [2.45, 2.75) is 6.10 Å². The summed E-state index contributed by atoms with van der Waals surface area (Å²) >= 11 is 4.85. The van der Waals surface area contributed by atoms with Gasteiger partial charge in [0.25, 0.3) is 0 Å². The molecule has 6 heteroatoms. The first kappa shape index (κ1) is 13.2. The van der Waals surface area contributed by atoms with E-state index in [-0.39, 0.29) is 16.7 Å². The van der Waals surface area contributed by atoms with Crippen LogP contribution in [0.4, 0.5) is 10.1 Å². The van der Waals surface area contributed by atoms with E-state index in [0.717, 1.165) is 0 Å². The Labute approximate surface area is 110 Å². The smallest absolute Gasteiger partial charge is 0.135 e. The first-order chi connectivity index (χ1) is 8.68. The summed E-state index contributed by atoms with van der Waals surface area (Å²) in [6.45, 7) is 2.26. The van der Waals surface area contributed by atoms with Crippen LogP contribution < -0.4 is 11.1 Å². The summed E-state index contributed by atoms with van der Waals surface area (Å²) in [4.78, 5) is 0.0383. The Hall–Kier alpha value is -1.24. The standard InChI is InChI=1S/C12H15FN2O2S/c13-9-2-1-3-10(11(9)12(14)18)15-6-8-7-16-4-5-17-8/h1-3,8,15H,4-7H2,(H2,14,18). The minimum Gasteiger partial charge on any atom is -0.389 e. The highest BCUT2D eigenvalue weighted by molar-refractivity contribution is 7.80. The zero-order valence-corrected chi connectivity index (χ0v) is 10.6. The maximum atomic E-state index is 13.6. The Bertz CT molecular complexity index is 436. The molecule has 0 aliphatic carbocycles. The molecule has 1 heterocycles. The summed E-state index contributed by atoms with van der Waals surface area (Å²) < 4.78 is 24.4. The van der Waals surface area contributed by atoms with Crippen molar-refractivity contribution in [1.82, 2.24) is 0 Å². The molecule has 1 fully saturated rings. The molecule has 18 heavy (non-hydrogen) atoms. The van der Waals surface area contributed by atoms with Gasteiger partial charge in [-0.25, -0.2) is 4.39 Å². The van der Waals surface area contributed by atoms with Gasteiger partial charge in [-0.15, -0.1) is 0 Å². The van der Waals surface area contributed by atoms with Crippen molar-refractivity contribution in [1.29, 1.82) is 0 Å². The van der Waals surface area contributed by atoms with E-state index in [9.17, 15) is 4.39 Å². The van der Waals surface area contributed by atoms with Gasteiger partial charge >= 0.3 is 0 Å². The molecular weight excluding hydrogens is 255 g/mol. The third-order valence-corrected chi connectivity index (χ3v) is 2.87. The van der Waals surface area contributed by atoms with Crippen molar-refractivity contribution in [3.8, 4) is 0 Å². The fraction of sp³-hybridized carbons (Fsp3) is 0.417. The largest absolute Gasteiger partial charge is 0.389 e. The predicted octanol–water partition coefficient (Wildman–Crippen LogP) is 1.29. The number of hydrogen-bond acceptors (Lipinski definition) is 4. The van der Waals surface area contributed by atoms with E-state index in [1.165, 1.54) is 6.07 Å². The SMILES string of the molecule is NC(=S)c1c(F)cccc1NCC1COCCO1. The van der Waals surface area contributed by atoms with Crippen LogP contribution in [0.1, 0.15) is 5.56 Å². The Morgan fingerprint density at radius 2 is 2.33 bits per heavy atom. The van der Waals surface area contributed by atoms with Gasteiger partial charge < -0.3 is 20.5 Å². The number of halogens is 1. The van der Waals surface area contributed by atoms with Gasteiger partial charge in [-0.05, 0) is 12.1 Å². The molecule has 0 radical (unpaired) electrons. The van der Waals surface area contributed by atoms with Crippen molar-refractivity contribution in [2.24, 2.45) is 5.73 Å². The molecule has 4 nitrogen and oxygen atoms in total. The van der Waals surface area contributed by atoms with Gasteiger partial charge in [0.05, 0.1) is 31.5 Å². The Morgan fingerprint density at radius 1 is 1.50 bits per heavy atom. The second kappa shape index (κ2) is 6.08. The Balaban J connectivity index is 2.04. The zero-order valence-electron chi connectivity index (χ0n) is 9.82. The van der Waals surface area contributed by atoms with Crippen LogP contribution in [0.3, 0.4) is 0 Å². The quantitative estimate of drug-likeness (QED) is 0.807. The topological polar surface area (TPSA) is 56.5 Å². The van der Waals surface area contributed by atoms with Crippen molar-refractivity contribution in [3.05, 3.63) is 29.6 Å². The predicted molar refractivity (Wildman–Crippen MR) is 71.3 cm³/mol. The van der Waals surface area contributed by atoms with Gasteiger partial charge in [-0.1, -0.05) is 18.3 Å². The number of anilines is 1. The molecule has 0 spiro atoms. The lowest BCUT2D eigenvalue weighted by molar-refractivity contribution is -0.0818. The average molecular weight is 270 g/mol. The maximum absolute atomic E-state index is 13.6. The molecule has 1 saturated heterocycles. The third-order valence-electron chi connectivity index (χ3n) is 2.67. The first-order valence-electron chi connectivity index (χ1n) is 5.70. The van der Waals surface area contributed by atoms with Crippen LogP contribution in [0, 0.1) is 5.82 Å². The van der Waals surface area contributed by atoms with Crippen molar-refractivity contribution in [3.63, 3.8) is 0 Å². The molecule has 1 aromatic carbocycles. The molecule has 98 valence electrons. The maximum Gasteiger partial charge on any atom is 0.135 e. The number of benzene rings is 1. The highest BCUT2D eigenvalue weighted by Gasteiger charge is 2.16. The summed E-state index contributed by atoms with van der Waals surface area (Å²) in [6, 6.07) is 4.68. The third kappa shape index (κ3) is 3.16. The van der Waals surface area contributed by atoms with E-state index < -0.39 is 5.82 Å². The molecule has 0 aromatic heterocycles. The van der Waals surface area contributed by atoms with Gasteiger partial charge in [-0.3, -0.25) is 0 Å². The number of hydrogen-bond donors (Lipinski definition) is 2. The zero-order chi connectivity index (χ0) is 13.0. The van der Waals surface area contributed by atoms with Gasteiger partial charge in [0.1, 0.15) is 10.8 Å². The highest BCUT2D eigenvalue weighted by Crippen LogP contribution is 2.19. The highest BCUT2D eigenvalue weighted by atomic mass is 32.1. The van der Waals surface area contributed by atoms with Crippen molar-refractivity contribution < 1.29 is 13.9 Å². The molecule has 1 aromatic rings. The van der Waals surface area contributed by atoms with Crippen LogP contribution in [-0.4, -0.2) is 37.5 Å². The van der Waals surface area contributed by atoms with Gasteiger partial charge in [-0.2, -0.15) is 0 Å². The molecule has 0 bridgehead atoms. The van der Waals surface area contributed by atoms with Crippen molar-refractivity contribution >= 4 is 22.9 Å². The Morgan fingerprint density at radius 3 is 3.00 bits per heavy atom. The number of nitrogens with two attached hydrogens (primary N) is 1. The molecule has 1 aliphatic rings. The fourth-order valence-corrected chi connectivity index (χ4v) is 2.01. The normalized spacial score (nSPS) is 19.5. The molecule has 1 atom stereocenters. The van der Waals surface area contributed by atoms with E-state index >= 15 is 0 Å². The van der Waals surface area contributed by atoms with Crippen LogP contribution in [0.15, 0.2) is 18.2 Å². The van der Waals surface area contributed by atoms with Crippen LogP contribution in [0.2, 0.25) is 0 Å². The number of rotatable bonds is 4. The molecular formula is C12H15FN2O2S. The van der Waals surface area contributed by atoms with E-state index in [2.05, 4.69) is 5.32 Å². The van der Waals surface area contributed by atoms with E-state index in [1.807, 2.05) is 0 Å². The molecule has 1 unspecified atom stereocenters.